The van der Waals surface area contributed by atoms with Gasteiger partial charge in [0, 0.05) is 30.7 Å². The highest BCUT2D eigenvalue weighted by Gasteiger charge is 2.38. The van der Waals surface area contributed by atoms with Crippen LogP contribution in [0.15, 0.2) is 36.7 Å². The zero-order chi connectivity index (χ0) is 19.5. The van der Waals surface area contributed by atoms with Crippen molar-refractivity contribution >= 4 is 17.6 Å². The normalized spacial score (nSPS) is 19.2. The van der Waals surface area contributed by atoms with E-state index in [2.05, 4.69) is 31.9 Å². The molecule has 1 aromatic heterocycles. The smallest absolute Gasteiger partial charge is 0.341 e. The molecule has 2 fully saturated rings. The molecule has 0 amide bonds. The largest absolute Gasteiger partial charge is 0.497 e. The molecule has 0 spiro atoms. The van der Waals surface area contributed by atoms with Crippen LogP contribution >= 0.6 is 0 Å². The third kappa shape index (κ3) is 3.74. The average molecular weight is 382 g/mol. The summed E-state index contributed by atoms with van der Waals surface area (Å²) in [5, 5.41) is 0. The maximum atomic E-state index is 11.7. The number of carbonyl (C=O) groups is 1. The van der Waals surface area contributed by atoms with Gasteiger partial charge in [0.05, 0.1) is 19.8 Å². The highest BCUT2D eigenvalue weighted by atomic mass is 16.5. The Balaban J connectivity index is 1.62. The van der Waals surface area contributed by atoms with E-state index in [-0.39, 0.29) is 6.17 Å². The predicted octanol–water partition coefficient (Wildman–Crippen LogP) is 3.26. The van der Waals surface area contributed by atoms with Gasteiger partial charge in [-0.2, -0.15) is 0 Å². The molecular weight excluding hydrogens is 356 g/mol. The molecule has 7 heteroatoms. The van der Waals surface area contributed by atoms with Crippen LogP contribution in [0, 0.1) is 0 Å². The minimum absolute atomic E-state index is 0.207. The Bertz CT molecular complexity index is 805. The number of esters is 1. The molecule has 28 heavy (non-hydrogen) atoms. The van der Waals surface area contributed by atoms with Crippen molar-refractivity contribution in [3.8, 4) is 5.75 Å². The van der Waals surface area contributed by atoms with E-state index in [1.165, 1.54) is 32.1 Å². The van der Waals surface area contributed by atoms with Gasteiger partial charge in [-0.25, -0.2) is 14.8 Å². The molecule has 2 aliphatic rings. The molecular formula is C21H26N4O3. The minimum atomic E-state index is -0.417. The van der Waals surface area contributed by atoms with Gasteiger partial charge >= 0.3 is 5.97 Å². The van der Waals surface area contributed by atoms with Gasteiger partial charge in [-0.05, 0) is 56.4 Å². The first-order valence-electron chi connectivity index (χ1n) is 9.80. The molecule has 0 N–H and O–H groups in total. The quantitative estimate of drug-likeness (QED) is 0.710. The number of hydrogen-bond acceptors (Lipinski definition) is 7. The van der Waals surface area contributed by atoms with Crippen LogP contribution in [0.25, 0.3) is 0 Å². The molecule has 0 bridgehead atoms. The maximum absolute atomic E-state index is 11.7. The van der Waals surface area contributed by atoms with Crippen molar-refractivity contribution in [1.82, 2.24) is 9.97 Å². The summed E-state index contributed by atoms with van der Waals surface area (Å²) in [7, 11) is 3.05. The Labute approximate surface area is 165 Å². The first-order chi connectivity index (χ1) is 13.7. The Morgan fingerprint density at radius 2 is 1.79 bits per heavy atom. The van der Waals surface area contributed by atoms with Crippen LogP contribution in [0.3, 0.4) is 0 Å². The van der Waals surface area contributed by atoms with Crippen LogP contribution in [-0.4, -0.2) is 48.9 Å². The van der Waals surface area contributed by atoms with Gasteiger partial charge in [-0.15, -0.1) is 0 Å². The molecule has 7 nitrogen and oxygen atoms in total. The summed E-state index contributed by atoms with van der Waals surface area (Å²) in [4.78, 5) is 25.4. The molecule has 1 unspecified atom stereocenters. The van der Waals surface area contributed by atoms with Gasteiger partial charge in [0.25, 0.3) is 0 Å². The first-order valence-corrected chi connectivity index (χ1v) is 9.80. The lowest BCUT2D eigenvalue weighted by Gasteiger charge is -2.44. The van der Waals surface area contributed by atoms with E-state index in [1.807, 2.05) is 12.1 Å². The number of nitrogens with zero attached hydrogens (tertiary/aromatic N) is 4. The highest BCUT2D eigenvalue weighted by Crippen LogP contribution is 2.38. The predicted molar refractivity (Wildman–Crippen MR) is 107 cm³/mol. The van der Waals surface area contributed by atoms with Crippen molar-refractivity contribution in [2.75, 3.05) is 30.6 Å². The lowest BCUT2D eigenvalue weighted by atomic mass is 10.1. The lowest BCUT2D eigenvalue weighted by Crippen LogP contribution is -2.53. The topological polar surface area (TPSA) is 67.8 Å². The second-order valence-corrected chi connectivity index (χ2v) is 7.27. The van der Waals surface area contributed by atoms with Crippen LogP contribution < -0.4 is 14.5 Å². The molecule has 2 aromatic rings. The van der Waals surface area contributed by atoms with Crippen molar-refractivity contribution in [2.24, 2.45) is 0 Å². The van der Waals surface area contributed by atoms with Crippen LogP contribution in [0.4, 0.5) is 11.6 Å². The molecule has 2 heterocycles. The summed E-state index contributed by atoms with van der Waals surface area (Å²) in [6, 6.07) is 8.84. The number of benzene rings is 1. The van der Waals surface area contributed by atoms with E-state index < -0.39 is 5.97 Å². The highest BCUT2D eigenvalue weighted by molar-refractivity contribution is 5.88. The van der Waals surface area contributed by atoms with Crippen LogP contribution in [0.5, 0.6) is 5.75 Å². The third-order valence-electron chi connectivity index (χ3n) is 5.42. The van der Waals surface area contributed by atoms with Gasteiger partial charge in [-0.1, -0.05) is 0 Å². The van der Waals surface area contributed by atoms with Crippen molar-refractivity contribution in [3.63, 3.8) is 0 Å². The SMILES string of the molecule is COC(=O)c1cnc(N2CCCCC2N(c2ccc(OC)cc2)C2CC2)nc1. The standard InChI is InChI=1S/C21H26N4O3/c1-27-18-10-8-17(9-11-18)25(16-6-7-16)19-5-3-4-12-24(19)21-22-13-15(14-23-21)20(26)28-2/h8-11,13-14,16,19H,3-7,12H2,1-2H3. The van der Waals surface area contributed by atoms with Gasteiger partial charge in [0.15, 0.2) is 0 Å². The fourth-order valence-corrected chi connectivity index (χ4v) is 3.86. The Morgan fingerprint density at radius 3 is 2.39 bits per heavy atom. The molecule has 1 aliphatic heterocycles. The van der Waals surface area contributed by atoms with Crippen molar-refractivity contribution in [3.05, 3.63) is 42.2 Å². The zero-order valence-corrected chi connectivity index (χ0v) is 16.4. The van der Waals surface area contributed by atoms with Crippen molar-refractivity contribution < 1.29 is 14.3 Å². The summed E-state index contributed by atoms with van der Waals surface area (Å²) in [6.45, 7) is 0.904. The van der Waals surface area contributed by atoms with E-state index in [0.717, 1.165) is 25.1 Å². The number of ether oxygens (including phenoxy) is 2. The molecule has 148 valence electrons. The number of anilines is 2. The maximum Gasteiger partial charge on any atom is 0.341 e. The minimum Gasteiger partial charge on any atom is -0.497 e. The molecule has 0 radical (unpaired) electrons. The first kappa shape index (κ1) is 18.5. The molecule has 1 aromatic carbocycles. The van der Waals surface area contributed by atoms with Gasteiger partial charge < -0.3 is 19.3 Å². The number of methoxy groups -OCH3 is 2. The van der Waals surface area contributed by atoms with Crippen molar-refractivity contribution in [1.29, 1.82) is 0 Å². The van der Waals surface area contributed by atoms with Crippen molar-refractivity contribution in [2.45, 2.75) is 44.3 Å². The van der Waals surface area contributed by atoms with E-state index in [4.69, 9.17) is 9.47 Å². The fraction of sp³-hybridized carbons (Fsp3) is 0.476. The zero-order valence-electron chi connectivity index (χ0n) is 16.4. The average Bonchev–Trinajstić information content (AvgIpc) is 3.59. The fourth-order valence-electron chi connectivity index (χ4n) is 3.86. The van der Waals surface area contributed by atoms with Gasteiger partial charge in [-0.3, -0.25) is 0 Å². The van der Waals surface area contributed by atoms with E-state index in [9.17, 15) is 4.79 Å². The molecule has 4 rings (SSSR count). The summed E-state index contributed by atoms with van der Waals surface area (Å²) in [5.74, 6) is 1.11. The second-order valence-electron chi connectivity index (χ2n) is 7.27. The second kappa shape index (κ2) is 8.04. The lowest BCUT2D eigenvalue weighted by molar-refractivity contribution is 0.0600. The summed E-state index contributed by atoms with van der Waals surface area (Å²) < 4.78 is 10.1. The van der Waals surface area contributed by atoms with Crippen LogP contribution in [0.2, 0.25) is 0 Å². The third-order valence-corrected chi connectivity index (χ3v) is 5.42. The number of piperidine rings is 1. The monoisotopic (exact) mass is 382 g/mol. The van der Waals surface area contributed by atoms with Gasteiger partial charge in [0.2, 0.25) is 5.95 Å². The van der Waals surface area contributed by atoms with Crippen LogP contribution in [0.1, 0.15) is 42.5 Å². The summed E-state index contributed by atoms with van der Waals surface area (Å²) in [6.07, 6.45) is 9.07. The van der Waals surface area contributed by atoms with E-state index in [0.29, 0.717) is 17.6 Å². The molecule has 1 saturated carbocycles. The Morgan fingerprint density at radius 1 is 1.07 bits per heavy atom. The van der Waals surface area contributed by atoms with E-state index >= 15 is 0 Å². The van der Waals surface area contributed by atoms with Gasteiger partial charge in [0.1, 0.15) is 11.9 Å². The Hall–Kier alpha value is -2.83. The summed E-state index contributed by atoms with van der Waals surface area (Å²) >= 11 is 0. The molecule has 1 aliphatic carbocycles. The number of hydrogen-bond donors (Lipinski definition) is 0. The molecule has 1 saturated heterocycles. The number of aromatic nitrogens is 2. The Kier molecular flexibility index (Phi) is 5.32. The van der Waals surface area contributed by atoms with Crippen LogP contribution in [-0.2, 0) is 4.74 Å². The van der Waals surface area contributed by atoms with E-state index in [1.54, 1.807) is 19.5 Å². The molecule has 1 atom stereocenters. The number of rotatable bonds is 6. The number of carbonyl (C=O) groups excluding carboxylic acids is 1. The summed E-state index contributed by atoms with van der Waals surface area (Å²) in [5.41, 5.74) is 1.57.